The molecule has 0 aliphatic carbocycles. The summed E-state index contributed by atoms with van der Waals surface area (Å²) < 4.78 is 6.51. The third-order valence-corrected chi connectivity index (χ3v) is 4.38. The highest BCUT2D eigenvalue weighted by molar-refractivity contribution is 5.84. The highest BCUT2D eigenvalue weighted by atomic mass is 16.5. The lowest BCUT2D eigenvalue weighted by Crippen LogP contribution is -2.46. The quantitative estimate of drug-likeness (QED) is 0.828. The van der Waals surface area contributed by atoms with Gasteiger partial charge < -0.3 is 15.2 Å². The summed E-state index contributed by atoms with van der Waals surface area (Å²) in [4.78, 5) is 29.1. The van der Waals surface area contributed by atoms with Crippen molar-refractivity contribution < 1.29 is 14.6 Å². The van der Waals surface area contributed by atoms with Gasteiger partial charge in [-0.2, -0.15) is 0 Å². The predicted molar refractivity (Wildman–Crippen MR) is 89.2 cm³/mol. The lowest BCUT2D eigenvalue weighted by Gasteiger charge is -2.28. The summed E-state index contributed by atoms with van der Waals surface area (Å²) in [6, 6.07) is 4.88. The first-order valence-electron chi connectivity index (χ1n) is 8.05. The summed E-state index contributed by atoms with van der Waals surface area (Å²) in [6.07, 6.45) is 2.65. The van der Waals surface area contributed by atoms with E-state index in [1.165, 1.54) is 18.0 Å². The van der Waals surface area contributed by atoms with E-state index in [0.29, 0.717) is 23.1 Å². The third kappa shape index (κ3) is 3.32. The van der Waals surface area contributed by atoms with Crippen molar-refractivity contribution in [3.63, 3.8) is 0 Å². The topological polar surface area (TPSA) is 93.5 Å². The number of aliphatic hydroxyl groups excluding tert-OH is 1. The Morgan fingerprint density at radius 3 is 3.08 bits per heavy atom. The standard InChI is InChI=1S/C17H21N3O4/c1-24-15-6-2-4-12-16(15)19-10-20(17(12)23)9-11(21)8-13-14(22)5-3-7-18-13/h2,4,6,10,13-14,18,22H,3,5,7-9H2,1H3/t13-,14+/m1/s1. The minimum Gasteiger partial charge on any atom is -0.494 e. The fourth-order valence-electron chi connectivity index (χ4n) is 3.08. The lowest BCUT2D eigenvalue weighted by molar-refractivity contribution is -0.121. The summed E-state index contributed by atoms with van der Waals surface area (Å²) >= 11 is 0. The predicted octanol–water partition coefficient (Wildman–Crippen LogP) is 0.477. The van der Waals surface area contributed by atoms with E-state index in [4.69, 9.17) is 4.74 Å². The molecule has 1 aromatic carbocycles. The molecule has 3 rings (SSSR count). The molecule has 1 aliphatic rings. The average molecular weight is 331 g/mol. The Labute approximate surface area is 139 Å². The van der Waals surface area contributed by atoms with E-state index in [9.17, 15) is 14.7 Å². The van der Waals surface area contributed by atoms with Gasteiger partial charge in [0, 0.05) is 12.5 Å². The number of aliphatic hydroxyl groups is 1. The van der Waals surface area contributed by atoms with Gasteiger partial charge in [-0.25, -0.2) is 4.98 Å². The number of Topliss-reactive ketones (excluding diaryl/α,β-unsaturated/α-hetero) is 1. The molecule has 7 heteroatoms. The smallest absolute Gasteiger partial charge is 0.261 e. The molecule has 1 aromatic heterocycles. The molecule has 2 N–H and O–H groups in total. The number of carbonyl (C=O) groups is 1. The second kappa shape index (κ2) is 7.11. The van der Waals surface area contributed by atoms with Crippen LogP contribution in [0.3, 0.4) is 0 Å². The molecule has 1 aliphatic heterocycles. The molecule has 0 unspecified atom stereocenters. The number of piperidine rings is 1. The number of fused-ring (bicyclic) bond motifs is 1. The second-order valence-electron chi connectivity index (χ2n) is 6.05. The van der Waals surface area contributed by atoms with Crippen LogP contribution in [0.5, 0.6) is 5.75 Å². The van der Waals surface area contributed by atoms with Crippen molar-refractivity contribution in [3.8, 4) is 5.75 Å². The molecule has 0 radical (unpaired) electrons. The Kier molecular flexibility index (Phi) is 4.92. The number of nitrogens with one attached hydrogen (secondary N) is 1. The van der Waals surface area contributed by atoms with Gasteiger partial charge in [-0.15, -0.1) is 0 Å². The molecule has 7 nitrogen and oxygen atoms in total. The van der Waals surface area contributed by atoms with Crippen molar-refractivity contribution >= 4 is 16.7 Å². The highest BCUT2D eigenvalue weighted by Crippen LogP contribution is 2.20. The number of benzene rings is 1. The molecule has 24 heavy (non-hydrogen) atoms. The van der Waals surface area contributed by atoms with E-state index < -0.39 is 6.10 Å². The maximum absolute atomic E-state index is 12.5. The van der Waals surface area contributed by atoms with Gasteiger partial charge in [0.1, 0.15) is 11.3 Å². The summed E-state index contributed by atoms with van der Waals surface area (Å²) in [7, 11) is 1.52. The van der Waals surface area contributed by atoms with E-state index in [2.05, 4.69) is 10.3 Å². The molecule has 128 valence electrons. The van der Waals surface area contributed by atoms with Crippen LogP contribution in [0.2, 0.25) is 0 Å². The van der Waals surface area contributed by atoms with Crippen LogP contribution in [0.1, 0.15) is 19.3 Å². The molecule has 2 atom stereocenters. The Bertz CT molecular complexity index is 802. The zero-order valence-electron chi connectivity index (χ0n) is 13.6. The number of ketones is 1. The Morgan fingerprint density at radius 2 is 2.33 bits per heavy atom. The molecule has 0 amide bonds. The van der Waals surface area contributed by atoms with Gasteiger partial charge in [0.15, 0.2) is 5.78 Å². The van der Waals surface area contributed by atoms with E-state index in [1.54, 1.807) is 18.2 Å². The van der Waals surface area contributed by atoms with Crippen LogP contribution in [0.25, 0.3) is 10.9 Å². The first kappa shape index (κ1) is 16.6. The van der Waals surface area contributed by atoms with Crippen molar-refractivity contribution in [2.24, 2.45) is 0 Å². The first-order chi connectivity index (χ1) is 11.6. The summed E-state index contributed by atoms with van der Waals surface area (Å²) in [5.74, 6) is 0.414. The monoisotopic (exact) mass is 331 g/mol. The number of hydrogen-bond donors (Lipinski definition) is 2. The van der Waals surface area contributed by atoms with E-state index in [1.807, 2.05) is 0 Å². The van der Waals surface area contributed by atoms with Crippen molar-refractivity contribution in [1.29, 1.82) is 0 Å². The first-order valence-corrected chi connectivity index (χ1v) is 8.05. The molecular weight excluding hydrogens is 310 g/mol. The third-order valence-electron chi connectivity index (χ3n) is 4.38. The average Bonchev–Trinajstić information content (AvgIpc) is 2.59. The van der Waals surface area contributed by atoms with Crippen LogP contribution in [-0.2, 0) is 11.3 Å². The minimum absolute atomic E-state index is 0.0517. The summed E-state index contributed by atoms with van der Waals surface area (Å²) in [6.45, 7) is 0.746. The number of hydrogen-bond acceptors (Lipinski definition) is 6. The van der Waals surface area contributed by atoms with Gasteiger partial charge in [-0.05, 0) is 31.5 Å². The number of ether oxygens (including phenoxy) is 1. The van der Waals surface area contributed by atoms with E-state index in [0.717, 1.165) is 13.0 Å². The Hall–Kier alpha value is -2.25. The number of rotatable bonds is 5. The molecular formula is C17H21N3O4. The zero-order chi connectivity index (χ0) is 17.1. The van der Waals surface area contributed by atoms with Crippen molar-refractivity contribution in [2.75, 3.05) is 13.7 Å². The normalized spacial score (nSPS) is 20.9. The van der Waals surface area contributed by atoms with Gasteiger partial charge in [0.2, 0.25) is 0 Å². The van der Waals surface area contributed by atoms with Crippen LogP contribution in [0, 0.1) is 0 Å². The maximum atomic E-state index is 12.5. The SMILES string of the molecule is COc1cccc2c(=O)n(CC(=O)C[C@H]3NCCC[C@@H]3O)cnc12. The van der Waals surface area contributed by atoms with Gasteiger partial charge in [0.25, 0.3) is 5.56 Å². The van der Waals surface area contributed by atoms with Gasteiger partial charge in [0.05, 0.1) is 31.5 Å². The van der Waals surface area contributed by atoms with Crippen molar-refractivity contribution in [3.05, 3.63) is 34.9 Å². The van der Waals surface area contributed by atoms with Crippen molar-refractivity contribution in [1.82, 2.24) is 14.9 Å². The van der Waals surface area contributed by atoms with E-state index >= 15 is 0 Å². The Morgan fingerprint density at radius 1 is 1.50 bits per heavy atom. The number of aromatic nitrogens is 2. The molecule has 1 fully saturated rings. The maximum Gasteiger partial charge on any atom is 0.261 e. The molecule has 2 heterocycles. The number of methoxy groups -OCH3 is 1. The minimum atomic E-state index is -0.515. The highest BCUT2D eigenvalue weighted by Gasteiger charge is 2.25. The number of carbonyl (C=O) groups excluding carboxylic acids is 1. The number of para-hydroxylation sites is 1. The second-order valence-corrected chi connectivity index (χ2v) is 6.05. The van der Waals surface area contributed by atoms with Crippen LogP contribution >= 0.6 is 0 Å². The molecule has 2 aromatic rings. The number of nitrogens with zero attached hydrogens (tertiary/aromatic N) is 2. The zero-order valence-corrected chi connectivity index (χ0v) is 13.6. The molecule has 1 saturated heterocycles. The molecule has 0 bridgehead atoms. The van der Waals surface area contributed by atoms with Crippen LogP contribution in [0.15, 0.2) is 29.3 Å². The van der Waals surface area contributed by atoms with Gasteiger partial charge >= 0.3 is 0 Å². The fourth-order valence-corrected chi connectivity index (χ4v) is 3.08. The summed E-state index contributed by atoms with van der Waals surface area (Å²) in [5, 5.41) is 13.5. The van der Waals surface area contributed by atoms with E-state index in [-0.39, 0.29) is 30.3 Å². The fraction of sp³-hybridized carbons (Fsp3) is 0.471. The van der Waals surface area contributed by atoms with Crippen LogP contribution in [0.4, 0.5) is 0 Å². The Balaban J connectivity index is 1.79. The van der Waals surface area contributed by atoms with Crippen LogP contribution in [-0.4, -0.2) is 46.2 Å². The van der Waals surface area contributed by atoms with Gasteiger partial charge in [-0.1, -0.05) is 6.07 Å². The van der Waals surface area contributed by atoms with Crippen LogP contribution < -0.4 is 15.6 Å². The molecule has 0 saturated carbocycles. The van der Waals surface area contributed by atoms with Gasteiger partial charge in [-0.3, -0.25) is 14.2 Å². The largest absolute Gasteiger partial charge is 0.494 e. The molecule has 0 spiro atoms. The van der Waals surface area contributed by atoms with Crippen molar-refractivity contribution in [2.45, 2.75) is 38.0 Å². The lowest BCUT2D eigenvalue weighted by atomic mass is 9.97. The summed E-state index contributed by atoms with van der Waals surface area (Å²) in [5.41, 5.74) is 0.211.